The van der Waals surface area contributed by atoms with Gasteiger partial charge in [-0.2, -0.15) is 0 Å². The molecule has 0 aliphatic rings. The lowest BCUT2D eigenvalue weighted by Gasteiger charge is -2.06. The van der Waals surface area contributed by atoms with Gasteiger partial charge in [-0.25, -0.2) is 0 Å². The second kappa shape index (κ2) is 8.18. The molecule has 0 spiro atoms. The summed E-state index contributed by atoms with van der Waals surface area (Å²) in [4.78, 5) is 12.1. The maximum absolute atomic E-state index is 12.1. The van der Waals surface area contributed by atoms with Crippen molar-refractivity contribution < 1.29 is 4.79 Å². The standard InChI is InChI=1S/C18H17ClN4OS/c1-23-16(11-20-17(24)14-7-9-15(19)10-8-14)21-22-18(23)25-12-13-5-3-2-4-6-13/h2-10H,11-12H2,1H3,(H,20,24). The molecule has 0 bridgehead atoms. The number of halogens is 1. The van der Waals surface area contributed by atoms with Crippen molar-refractivity contribution in [3.8, 4) is 0 Å². The number of rotatable bonds is 6. The monoisotopic (exact) mass is 372 g/mol. The van der Waals surface area contributed by atoms with Crippen LogP contribution in [0.3, 0.4) is 0 Å². The quantitative estimate of drug-likeness (QED) is 0.670. The van der Waals surface area contributed by atoms with Crippen LogP contribution >= 0.6 is 23.4 Å². The molecule has 0 fully saturated rings. The highest BCUT2D eigenvalue weighted by Crippen LogP contribution is 2.20. The van der Waals surface area contributed by atoms with Crippen molar-refractivity contribution in [2.24, 2.45) is 7.05 Å². The van der Waals surface area contributed by atoms with E-state index in [1.54, 1.807) is 36.0 Å². The molecular weight excluding hydrogens is 356 g/mol. The molecule has 2 aromatic carbocycles. The Morgan fingerprint density at radius 2 is 1.84 bits per heavy atom. The van der Waals surface area contributed by atoms with E-state index in [-0.39, 0.29) is 5.91 Å². The van der Waals surface area contributed by atoms with Crippen LogP contribution in [-0.4, -0.2) is 20.7 Å². The normalized spacial score (nSPS) is 10.6. The number of thioether (sulfide) groups is 1. The van der Waals surface area contributed by atoms with Gasteiger partial charge in [-0.15, -0.1) is 10.2 Å². The van der Waals surface area contributed by atoms with Crippen LogP contribution in [0, 0.1) is 0 Å². The number of hydrogen-bond acceptors (Lipinski definition) is 4. The molecule has 1 heterocycles. The van der Waals surface area contributed by atoms with E-state index >= 15 is 0 Å². The van der Waals surface area contributed by atoms with Crippen LogP contribution < -0.4 is 5.32 Å². The summed E-state index contributed by atoms with van der Waals surface area (Å²) in [6.45, 7) is 0.316. The zero-order chi connectivity index (χ0) is 17.6. The van der Waals surface area contributed by atoms with Crippen LogP contribution in [-0.2, 0) is 19.3 Å². The molecule has 5 nitrogen and oxygen atoms in total. The fraction of sp³-hybridized carbons (Fsp3) is 0.167. The van der Waals surface area contributed by atoms with Gasteiger partial charge in [-0.3, -0.25) is 4.79 Å². The van der Waals surface area contributed by atoms with E-state index in [9.17, 15) is 4.79 Å². The summed E-state index contributed by atoms with van der Waals surface area (Å²) in [5, 5.41) is 12.6. The molecule has 0 atom stereocenters. The molecule has 3 aromatic rings. The van der Waals surface area contributed by atoms with Gasteiger partial charge in [0.25, 0.3) is 5.91 Å². The molecule has 1 aromatic heterocycles. The summed E-state index contributed by atoms with van der Waals surface area (Å²) < 4.78 is 1.90. The summed E-state index contributed by atoms with van der Waals surface area (Å²) in [7, 11) is 1.90. The Kier molecular flexibility index (Phi) is 5.73. The number of nitrogens with zero attached hydrogens (tertiary/aromatic N) is 3. The van der Waals surface area contributed by atoms with Gasteiger partial charge in [-0.1, -0.05) is 53.7 Å². The maximum atomic E-state index is 12.1. The van der Waals surface area contributed by atoms with Crippen LogP contribution in [0.25, 0.3) is 0 Å². The van der Waals surface area contributed by atoms with Crippen LogP contribution in [0.1, 0.15) is 21.7 Å². The van der Waals surface area contributed by atoms with E-state index in [4.69, 9.17) is 11.6 Å². The first-order valence-electron chi connectivity index (χ1n) is 7.72. The van der Waals surface area contributed by atoms with Crippen LogP contribution in [0.4, 0.5) is 0 Å². The lowest BCUT2D eigenvalue weighted by Crippen LogP contribution is -2.24. The Labute approximate surface area is 155 Å². The third-order valence-electron chi connectivity index (χ3n) is 3.65. The SMILES string of the molecule is Cn1c(CNC(=O)c2ccc(Cl)cc2)nnc1SCc1ccccc1. The zero-order valence-electron chi connectivity index (χ0n) is 13.6. The second-order valence-corrected chi connectivity index (χ2v) is 6.80. The predicted molar refractivity (Wildman–Crippen MR) is 99.6 cm³/mol. The topological polar surface area (TPSA) is 59.8 Å². The maximum Gasteiger partial charge on any atom is 0.251 e. The molecule has 25 heavy (non-hydrogen) atoms. The fourth-order valence-corrected chi connectivity index (χ4v) is 3.22. The van der Waals surface area contributed by atoms with E-state index < -0.39 is 0 Å². The van der Waals surface area contributed by atoms with Crippen molar-refractivity contribution >= 4 is 29.3 Å². The third-order valence-corrected chi connectivity index (χ3v) is 4.99. The van der Waals surface area contributed by atoms with Gasteiger partial charge in [0.05, 0.1) is 6.54 Å². The third kappa shape index (κ3) is 4.61. The minimum atomic E-state index is -0.168. The van der Waals surface area contributed by atoms with E-state index in [1.807, 2.05) is 29.8 Å². The van der Waals surface area contributed by atoms with Gasteiger partial charge >= 0.3 is 0 Å². The predicted octanol–water partition coefficient (Wildman–Crippen LogP) is 3.69. The zero-order valence-corrected chi connectivity index (χ0v) is 15.2. The molecule has 1 N–H and O–H groups in total. The summed E-state index contributed by atoms with van der Waals surface area (Å²) in [6, 6.07) is 17.0. The summed E-state index contributed by atoms with van der Waals surface area (Å²) in [5.41, 5.74) is 1.79. The molecule has 3 rings (SSSR count). The number of aromatic nitrogens is 3. The van der Waals surface area contributed by atoms with E-state index in [2.05, 4.69) is 27.6 Å². The molecule has 1 amide bonds. The van der Waals surface area contributed by atoms with Crippen LogP contribution in [0.2, 0.25) is 5.02 Å². The number of carbonyl (C=O) groups is 1. The minimum absolute atomic E-state index is 0.168. The Morgan fingerprint density at radius 3 is 2.56 bits per heavy atom. The highest BCUT2D eigenvalue weighted by molar-refractivity contribution is 7.98. The summed E-state index contributed by atoms with van der Waals surface area (Å²) >= 11 is 7.45. The van der Waals surface area contributed by atoms with Crippen molar-refractivity contribution in [3.63, 3.8) is 0 Å². The van der Waals surface area contributed by atoms with Gasteiger partial charge in [-0.05, 0) is 29.8 Å². The number of benzene rings is 2. The molecule has 0 radical (unpaired) electrons. The minimum Gasteiger partial charge on any atom is -0.345 e. The summed E-state index contributed by atoms with van der Waals surface area (Å²) in [5.74, 6) is 1.36. The molecule has 0 saturated carbocycles. The van der Waals surface area contributed by atoms with Gasteiger partial charge < -0.3 is 9.88 Å². The molecule has 7 heteroatoms. The van der Waals surface area contributed by atoms with Crippen molar-refractivity contribution in [1.29, 1.82) is 0 Å². The second-order valence-electron chi connectivity index (χ2n) is 5.42. The molecule has 128 valence electrons. The average molecular weight is 373 g/mol. The van der Waals surface area contributed by atoms with Crippen LogP contribution in [0.5, 0.6) is 0 Å². The van der Waals surface area contributed by atoms with Gasteiger partial charge in [0, 0.05) is 23.4 Å². The van der Waals surface area contributed by atoms with E-state index in [1.165, 1.54) is 5.56 Å². The fourth-order valence-electron chi connectivity index (χ4n) is 2.21. The van der Waals surface area contributed by atoms with Crippen LogP contribution in [0.15, 0.2) is 59.8 Å². The van der Waals surface area contributed by atoms with Crippen molar-refractivity contribution in [1.82, 2.24) is 20.1 Å². The molecule has 0 unspecified atom stereocenters. The molecule has 0 aliphatic heterocycles. The largest absolute Gasteiger partial charge is 0.345 e. The van der Waals surface area contributed by atoms with Gasteiger partial charge in [0.15, 0.2) is 11.0 Å². The van der Waals surface area contributed by atoms with Crippen molar-refractivity contribution in [2.45, 2.75) is 17.5 Å². The lowest BCUT2D eigenvalue weighted by atomic mass is 10.2. The first kappa shape index (κ1) is 17.5. The molecule has 0 saturated heterocycles. The molecule has 0 aliphatic carbocycles. The lowest BCUT2D eigenvalue weighted by molar-refractivity contribution is 0.0949. The number of hydrogen-bond donors (Lipinski definition) is 1. The average Bonchev–Trinajstić information content (AvgIpc) is 2.99. The Hall–Kier alpha value is -2.31. The first-order valence-corrected chi connectivity index (χ1v) is 9.08. The van der Waals surface area contributed by atoms with Gasteiger partial charge in [0.1, 0.15) is 0 Å². The highest BCUT2D eigenvalue weighted by Gasteiger charge is 2.11. The Balaban J connectivity index is 1.57. The Bertz CT molecular complexity index is 849. The highest BCUT2D eigenvalue weighted by atomic mass is 35.5. The van der Waals surface area contributed by atoms with Crippen molar-refractivity contribution in [3.05, 3.63) is 76.6 Å². The number of nitrogens with one attached hydrogen (secondary N) is 1. The number of carbonyl (C=O) groups excluding carboxylic acids is 1. The van der Waals surface area contributed by atoms with E-state index in [0.29, 0.717) is 23.0 Å². The van der Waals surface area contributed by atoms with Crippen molar-refractivity contribution in [2.75, 3.05) is 0 Å². The first-order chi connectivity index (χ1) is 12.1. The van der Waals surface area contributed by atoms with E-state index in [0.717, 1.165) is 10.9 Å². The summed E-state index contributed by atoms with van der Waals surface area (Å²) in [6.07, 6.45) is 0. The Morgan fingerprint density at radius 1 is 1.12 bits per heavy atom. The smallest absolute Gasteiger partial charge is 0.251 e. The molecular formula is C18H17ClN4OS. The number of amides is 1. The van der Waals surface area contributed by atoms with Gasteiger partial charge in [0.2, 0.25) is 0 Å².